The molecule has 124 valence electrons. The van der Waals surface area contributed by atoms with E-state index in [0.717, 1.165) is 11.3 Å². The third-order valence-electron chi connectivity index (χ3n) is 2.91. The Morgan fingerprint density at radius 3 is 2.61 bits per heavy atom. The Morgan fingerprint density at radius 1 is 1.30 bits per heavy atom. The van der Waals surface area contributed by atoms with Crippen molar-refractivity contribution in [3.05, 3.63) is 34.5 Å². The van der Waals surface area contributed by atoms with Crippen LogP contribution in [0.1, 0.15) is 15.2 Å². The zero-order valence-electron chi connectivity index (χ0n) is 11.8. The van der Waals surface area contributed by atoms with Crippen LogP contribution in [0, 0.1) is 12.7 Å². The fourth-order valence-corrected chi connectivity index (χ4v) is 3.01. The summed E-state index contributed by atoms with van der Waals surface area (Å²) < 4.78 is 54.7. The minimum atomic E-state index is -4.54. The summed E-state index contributed by atoms with van der Waals surface area (Å²) in [5.41, 5.74) is 0.365. The Labute approximate surface area is 132 Å². The molecule has 4 nitrogen and oxygen atoms in total. The lowest BCUT2D eigenvalue weighted by atomic mass is 10.1. The first-order chi connectivity index (χ1) is 10.7. The molecular weight excluding hydrogens is 338 g/mol. The average Bonchev–Trinajstić information content (AvgIpc) is 2.80. The van der Waals surface area contributed by atoms with Gasteiger partial charge in [0.1, 0.15) is 17.2 Å². The molecule has 0 atom stereocenters. The highest BCUT2D eigenvalue weighted by Crippen LogP contribution is 2.32. The van der Waals surface area contributed by atoms with Gasteiger partial charge in [-0.15, -0.1) is 11.3 Å². The van der Waals surface area contributed by atoms with Gasteiger partial charge in [-0.2, -0.15) is 13.2 Å². The number of hydrogen-bond acceptors (Lipinski definition) is 4. The maximum absolute atomic E-state index is 13.7. The van der Waals surface area contributed by atoms with Crippen LogP contribution in [0.25, 0.3) is 10.1 Å². The lowest BCUT2D eigenvalue weighted by Gasteiger charge is -2.08. The largest absolute Gasteiger partial charge is 0.451 e. The van der Waals surface area contributed by atoms with E-state index in [1.165, 1.54) is 19.1 Å². The van der Waals surface area contributed by atoms with E-state index < -0.39 is 37.0 Å². The number of ether oxygens (including phenoxy) is 1. The van der Waals surface area contributed by atoms with Gasteiger partial charge in [0.05, 0.1) is 0 Å². The molecule has 1 amide bonds. The maximum Gasteiger partial charge on any atom is 0.405 e. The van der Waals surface area contributed by atoms with Crippen LogP contribution in [0.4, 0.5) is 17.6 Å². The number of benzene rings is 1. The lowest BCUT2D eigenvalue weighted by Crippen LogP contribution is -2.36. The summed E-state index contributed by atoms with van der Waals surface area (Å²) >= 11 is 0.989. The predicted octanol–water partition coefficient (Wildman–Crippen LogP) is 3.18. The number of carbonyl (C=O) groups is 2. The van der Waals surface area contributed by atoms with Crippen molar-refractivity contribution in [3.8, 4) is 0 Å². The van der Waals surface area contributed by atoms with E-state index in [9.17, 15) is 27.2 Å². The van der Waals surface area contributed by atoms with Crippen LogP contribution in [0.3, 0.4) is 0 Å². The highest BCUT2D eigenvalue weighted by atomic mass is 32.1. The Kier molecular flexibility index (Phi) is 4.88. The SMILES string of the molecule is Cc1c(C(=O)OCC(=O)NCC(F)(F)F)sc2cccc(F)c12. The average molecular weight is 349 g/mol. The topological polar surface area (TPSA) is 55.4 Å². The van der Waals surface area contributed by atoms with E-state index in [1.54, 1.807) is 11.4 Å². The van der Waals surface area contributed by atoms with E-state index in [-0.39, 0.29) is 10.3 Å². The third-order valence-corrected chi connectivity index (χ3v) is 4.15. The minimum absolute atomic E-state index is 0.105. The summed E-state index contributed by atoms with van der Waals surface area (Å²) in [5.74, 6) is -2.44. The van der Waals surface area contributed by atoms with E-state index in [0.29, 0.717) is 10.3 Å². The summed E-state index contributed by atoms with van der Waals surface area (Å²) in [6, 6.07) is 4.37. The molecule has 2 aromatic rings. The highest BCUT2D eigenvalue weighted by Gasteiger charge is 2.28. The maximum atomic E-state index is 13.7. The quantitative estimate of drug-likeness (QED) is 0.681. The number of amides is 1. The van der Waals surface area contributed by atoms with Crippen LogP contribution >= 0.6 is 11.3 Å². The van der Waals surface area contributed by atoms with Crippen molar-refractivity contribution >= 4 is 33.3 Å². The standard InChI is InChI=1S/C14H11F4NO3S/c1-7-11-8(15)3-2-4-9(11)23-12(7)13(21)22-5-10(20)19-6-14(16,17)18/h2-4H,5-6H2,1H3,(H,19,20). The molecule has 0 aliphatic rings. The van der Waals surface area contributed by atoms with Crippen molar-refractivity contribution in [1.29, 1.82) is 0 Å². The fourth-order valence-electron chi connectivity index (χ4n) is 1.89. The van der Waals surface area contributed by atoms with E-state index in [1.807, 2.05) is 0 Å². The number of hydrogen-bond donors (Lipinski definition) is 1. The van der Waals surface area contributed by atoms with Crippen LogP contribution in [-0.4, -0.2) is 31.2 Å². The number of alkyl halides is 3. The second-order valence-electron chi connectivity index (χ2n) is 4.64. The lowest BCUT2D eigenvalue weighted by molar-refractivity contribution is -0.140. The normalized spacial score (nSPS) is 11.5. The molecule has 0 saturated carbocycles. The van der Waals surface area contributed by atoms with Crippen molar-refractivity contribution in [2.24, 2.45) is 0 Å². The molecule has 1 aromatic heterocycles. The van der Waals surface area contributed by atoms with Crippen molar-refractivity contribution < 1.29 is 31.9 Å². The Balaban J connectivity index is 2.03. The predicted molar refractivity (Wildman–Crippen MR) is 75.9 cm³/mol. The molecule has 0 fully saturated rings. The Morgan fingerprint density at radius 2 is 2.00 bits per heavy atom. The number of nitrogens with one attached hydrogen (secondary N) is 1. The third kappa shape index (κ3) is 4.19. The Hall–Kier alpha value is -2.16. The number of esters is 1. The monoisotopic (exact) mass is 349 g/mol. The van der Waals surface area contributed by atoms with Crippen LogP contribution in [0.5, 0.6) is 0 Å². The number of halogens is 4. The first kappa shape index (κ1) is 17.2. The van der Waals surface area contributed by atoms with Gasteiger partial charge < -0.3 is 10.1 Å². The van der Waals surface area contributed by atoms with Gasteiger partial charge in [-0.1, -0.05) is 6.07 Å². The molecule has 0 radical (unpaired) electrons. The number of rotatable bonds is 4. The molecule has 0 saturated heterocycles. The van der Waals surface area contributed by atoms with Gasteiger partial charge in [-0.3, -0.25) is 4.79 Å². The van der Waals surface area contributed by atoms with Crippen LogP contribution in [0.2, 0.25) is 0 Å². The molecule has 0 spiro atoms. The minimum Gasteiger partial charge on any atom is -0.451 e. The zero-order chi connectivity index (χ0) is 17.2. The van der Waals surface area contributed by atoms with E-state index >= 15 is 0 Å². The molecule has 1 heterocycles. The second kappa shape index (κ2) is 6.53. The number of fused-ring (bicyclic) bond motifs is 1. The summed E-state index contributed by atoms with van der Waals surface area (Å²) in [6.45, 7) is -0.816. The van der Waals surface area contributed by atoms with Crippen molar-refractivity contribution in [2.75, 3.05) is 13.2 Å². The van der Waals surface area contributed by atoms with Gasteiger partial charge in [0.25, 0.3) is 5.91 Å². The summed E-state index contributed by atoms with van der Waals surface area (Å²) in [7, 11) is 0. The van der Waals surface area contributed by atoms with Crippen LogP contribution in [-0.2, 0) is 9.53 Å². The molecule has 0 bridgehead atoms. The number of carbonyl (C=O) groups excluding carboxylic acids is 2. The molecule has 9 heteroatoms. The highest BCUT2D eigenvalue weighted by molar-refractivity contribution is 7.21. The Bertz CT molecular complexity index is 754. The molecule has 0 unspecified atom stereocenters. The van der Waals surface area contributed by atoms with Gasteiger partial charge in [0, 0.05) is 10.1 Å². The summed E-state index contributed by atoms with van der Waals surface area (Å²) in [4.78, 5) is 23.2. The van der Waals surface area contributed by atoms with Gasteiger partial charge in [-0.25, -0.2) is 9.18 Å². The van der Waals surface area contributed by atoms with Gasteiger partial charge in [0.2, 0.25) is 0 Å². The molecule has 1 N–H and O–H groups in total. The van der Waals surface area contributed by atoms with Crippen molar-refractivity contribution in [2.45, 2.75) is 13.1 Å². The molecule has 0 aliphatic carbocycles. The van der Waals surface area contributed by atoms with Gasteiger partial charge in [0.15, 0.2) is 6.61 Å². The molecular formula is C14H11F4NO3S. The van der Waals surface area contributed by atoms with Crippen LogP contribution < -0.4 is 5.32 Å². The molecule has 23 heavy (non-hydrogen) atoms. The zero-order valence-corrected chi connectivity index (χ0v) is 12.6. The first-order valence-corrected chi connectivity index (χ1v) is 7.19. The smallest absolute Gasteiger partial charge is 0.405 e. The summed E-state index contributed by atoms with van der Waals surface area (Å²) in [6.07, 6.45) is -4.54. The summed E-state index contributed by atoms with van der Waals surface area (Å²) in [5, 5.41) is 1.87. The van der Waals surface area contributed by atoms with E-state index in [4.69, 9.17) is 0 Å². The van der Waals surface area contributed by atoms with Crippen molar-refractivity contribution in [1.82, 2.24) is 5.32 Å². The van der Waals surface area contributed by atoms with E-state index in [2.05, 4.69) is 4.74 Å². The molecule has 2 rings (SSSR count). The van der Waals surface area contributed by atoms with Gasteiger partial charge in [-0.05, 0) is 24.6 Å². The fraction of sp³-hybridized carbons (Fsp3) is 0.286. The first-order valence-electron chi connectivity index (χ1n) is 6.37. The number of aryl methyl sites for hydroxylation is 1. The van der Waals surface area contributed by atoms with Crippen LogP contribution in [0.15, 0.2) is 18.2 Å². The van der Waals surface area contributed by atoms with Crippen molar-refractivity contribution in [3.63, 3.8) is 0 Å². The molecule has 0 aliphatic heterocycles. The van der Waals surface area contributed by atoms with Gasteiger partial charge >= 0.3 is 12.1 Å². The second-order valence-corrected chi connectivity index (χ2v) is 5.69. The number of thiophene rings is 1. The molecule has 1 aromatic carbocycles.